The molecule has 0 saturated heterocycles. The molecule has 0 unspecified atom stereocenters. The second kappa shape index (κ2) is 6.24. The summed E-state index contributed by atoms with van der Waals surface area (Å²) in [4.78, 5) is 24.9. The van der Waals surface area contributed by atoms with Gasteiger partial charge in [-0.15, -0.1) is 0 Å². The van der Waals surface area contributed by atoms with Crippen LogP contribution in [0.15, 0.2) is 42.5 Å². The molecule has 124 valence electrons. The Bertz CT molecular complexity index is 801. The number of benzene rings is 2. The van der Waals surface area contributed by atoms with E-state index in [4.69, 9.17) is 11.6 Å². The summed E-state index contributed by atoms with van der Waals surface area (Å²) >= 11 is 5.70. The highest BCUT2D eigenvalue weighted by atomic mass is 35.5. The summed E-state index contributed by atoms with van der Waals surface area (Å²) in [7, 11) is 0. The number of hydrogen-bond acceptors (Lipinski definition) is 2. The Kier molecular flexibility index (Phi) is 4.28. The molecule has 0 atom stereocenters. The van der Waals surface area contributed by atoms with Crippen LogP contribution in [-0.4, -0.2) is 11.8 Å². The van der Waals surface area contributed by atoms with Gasteiger partial charge in [0.2, 0.25) is 11.8 Å². The third kappa shape index (κ3) is 3.26. The third-order valence-electron chi connectivity index (χ3n) is 4.11. The molecule has 2 N–H and O–H groups in total. The van der Waals surface area contributed by atoms with Crippen LogP contribution in [0, 0.1) is 18.2 Å². The Hall–Kier alpha value is -2.40. The van der Waals surface area contributed by atoms with Gasteiger partial charge < -0.3 is 10.6 Å². The lowest BCUT2D eigenvalue weighted by Gasteiger charge is -2.16. The standard InChI is InChI=1S/C18H16ClFN2O2/c1-11-2-4-12(5-3-11)21-16(23)18(8-9-18)17(24)22-13-6-7-15(20)14(19)10-13/h2-7,10H,8-9H2,1H3,(H,21,23)(H,22,24). The van der Waals surface area contributed by atoms with E-state index in [0.717, 1.165) is 5.56 Å². The van der Waals surface area contributed by atoms with Gasteiger partial charge in [-0.3, -0.25) is 9.59 Å². The number of carbonyl (C=O) groups is 2. The lowest BCUT2D eigenvalue weighted by atomic mass is 10.0. The first-order valence-corrected chi connectivity index (χ1v) is 7.93. The number of carbonyl (C=O) groups excluding carboxylic acids is 2. The van der Waals surface area contributed by atoms with E-state index < -0.39 is 17.1 Å². The maximum atomic E-state index is 13.2. The first kappa shape index (κ1) is 16.5. The van der Waals surface area contributed by atoms with Crippen LogP contribution in [0.4, 0.5) is 15.8 Å². The van der Waals surface area contributed by atoms with E-state index in [0.29, 0.717) is 24.2 Å². The van der Waals surface area contributed by atoms with Crippen molar-refractivity contribution in [1.29, 1.82) is 0 Å². The minimum atomic E-state index is -1.08. The van der Waals surface area contributed by atoms with Crippen LogP contribution in [-0.2, 0) is 9.59 Å². The van der Waals surface area contributed by atoms with Crippen molar-refractivity contribution in [3.8, 4) is 0 Å². The topological polar surface area (TPSA) is 58.2 Å². The zero-order chi connectivity index (χ0) is 17.3. The highest BCUT2D eigenvalue weighted by Crippen LogP contribution is 2.47. The second-order valence-electron chi connectivity index (χ2n) is 5.99. The molecule has 1 fully saturated rings. The van der Waals surface area contributed by atoms with Crippen LogP contribution in [0.25, 0.3) is 0 Å². The van der Waals surface area contributed by atoms with Crippen molar-refractivity contribution < 1.29 is 14.0 Å². The summed E-state index contributed by atoms with van der Waals surface area (Å²) in [6.45, 7) is 1.95. The molecule has 1 aliphatic carbocycles. The van der Waals surface area contributed by atoms with E-state index >= 15 is 0 Å². The summed E-state index contributed by atoms with van der Waals surface area (Å²) in [6.07, 6.45) is 0.955. The summed E-state index contributed by atoms with van der Waals surface area (Å²) in [5.74, 6) is -1.31. The molecule has 6 heteroatoms. The van der Waals surface area contributed by atoms with Gasteiger partial charge in [-0.05, 0) is 50.1 Å². The SMILES string of the molecule is Cc1ccc(NC(=O)C2(C(=O)Nc3ccc(F)c(Cl)c3)CC2)cc1. The second-order valence-corrected chi connectivity index (χ2v) is 6.39. The van der Waals surface area contributed by atoms with E-state index in [1.165, 1.54) is 18.2 Å². The first-order valence-electron chi connectivity index (χ1n) is 7.55. The average Bonchev–Trinajstić information content (AvgIpc) is 3.35. The molecule has 1 aliphatic rings. The van der Waals surface area contributed by atoms with Gasteiger partial charge in [0.25, 0.3) is 0 Å². The highest BCUT2D eigenvalue weighted by Gasteiger charge is 2.56. The number of aryl methyl sites for hydroxylation is 1. The van der Waals surface area contributed by atoms with Gasteiger partial charge in [0.1, 0.15) is 11.2 Å². The minimum absolute atomic E-state index is 0.0817. The number of amides is 2. The molecular formula is C18H16ClFN2O2. The molecule has 3 rings (SSSR count). The van der Waals surface area contributed by atoms with E-state index in [2.05, 4.69) is 10.6 Å². The van der Waals surface area contributed by atoms with E-state index in [1.807, 2.05) is 19.1 Å². The molecule has 24 heavy (non-hydrogen) atoms. The monoisotopic (exact) mass is 346 g/mol. The molecule has 0 aliphatic heterocycles. The Morgan fingerprint density at radius 3 is 2.08 bits per heavy atom. The molecule has 0 aromatic heterocycles. The predicted octanol–water partition coefficient (Wildman–Crippen LogP) is 4.14. The molecule has 2 aromatic carbocycles. The molecule has 1 saturated carbocycles. The number of hydrogen-bond donors (Lipinski definition) is 2. The van der Waals surface area contributed by atoms with E-state index in [1.54, 1.807) is 12.1 Å². The van der Waals surface area contributed by atoms with Gasteiger partial charge in [-0.25, -0.2) is 4.39 Å². The van der Waals surface area contributed by atoms with Gasteiger partial charge in [0.05, 0.1) is 5.02 Å². The lowest BCUT2D eigenvalue weighted by molar-refractivity contribution is -0.131. The average molecular weight is 347 g/mol. The van der Waals surface area contributed by atoms with E-state index in [9.17, 15) is 14.0 Å². The van der Waals surface area contributed by atoms with Crippen molar-refractivity contribution in [2.24, 2.45) is 5.41 Å². The molecule has 0 radical (unpaired) electrons. The first-order chi connectivity index (χ1) is 11.4. The van der Waals surface area contributed by atoms with Gasteiger partial charge in [0.15, 0.2) is 0 Å². The molecule has 0 heterocycles. The molecule has 0 spiro atoms. The van der Waals surface area contributed by atoms with Gasteiger partial charge in [0, 0.05) is 11.4 Å². The fourth-order valence-corrected chi connectivity index (χ4v) is 2.58. The maximum absolute atomic E-state index is 13.2. The number of rotatable bonds is 4. The van der Waals surface area contributed by atoms with Crippen molar-refractivity contribution >= 4 is 34.8 Å². The number of halogens is 2. The number of nitrogens with one attached hydrogen (secondary N) is 2. The minimum Gasteiger partial charge on any atom is -0.325 e. The largest absolute Gasteiger partial charge is 0.325 e. The van der Waals surface area contributed by atoms with Crippen LogP contribution in [0.3, 0.4) is 0 Å². The van der Waals surface area contributed by atoms with Crippen molar-refractivity contribution in [3.63, 3.8) is 0 Å². The molecule has 0 bridgehead atoms. The Morgan fingerprint density at radius 2 is 1.54 bits per heavy atom. The van der Waals surface area contributed by atoms with Crippen LogP contribution in [0.2, 0.25) is 5.02 Å². The third-order valence-corrected chi connectivity index (χ3v) is 4.40. The van der Waals surface area contributed by atoms with E-state index in [-0.39, 0.29) is 10.9 Å². The smallest absolute Gasteiger partial charge is 0.240 e. The van der Waals surface area contributed by atoms with Gasteiger partial charge >= 0.3 is 0 Å². The highest BCUT2D eigenvalue weighted by molar-refractivity contribution is 6.31. The zero-order valence-corrected chi connectivity index (χ0v) is 13.8. The zero-order valence-electron chi connectivity index (χ0n) is 13.0. The van der Waals surface area contributed by atoms with Gasteiger partial charge in [-0.2, -0.15) is 0 Å². The Balaban J connectivity index is 1.70. The summed E-state index contributed by atoms with van der Waals surface area (Å²) in [6, 6.07) is 11.3. The summed E-state index contributed by atoms with van der Waals surface area (Å²) in [5.41, 5.74) is 1.02. The summed E-state index contributed by atoms with van der Waals surface area (Å²) in [5, 5.41) is 5.33. The maximum Gasteiger partial charge on any atom is 0.240 e. The van der Waals surface area contributed by atoms with Crippen LogP contribution in [0.5, 0.6) is 0 Å². The van der Waals surface area contributed by atoms with Crippen LogP contribution >= 0.6 is 11.6 Å². The summed E-state index contributed by atoms with van der Waals surface area (Å²) < 4.78 is 13.2. The fraction of sp³-hybridized carbons (Fsp3) is 0.222. The normalized spacial score (nSPS) is 14.8. The Labute approximate surface area is 144 Å². The molecule has 2 aromatic rings. The van der Waals surface area contributed by atoms with Gasteiger partial charge in [-0.1, -0.05) is 29.3 Å². The predicted molar refractivity (Wildman–Crippen MR) is 91.5 cm³/mol. The number of anilines is 2. The van der Waals surface area contributed by atoms with Crippen molar-refractivity contribution in [1.82, 2.24) is 0 Å². The molecule has 4 nitrogen and oxygen atoms in total. The van der Waals surface area contributed by atoms with Crippen molar-refractivity contribution in [3.05, 3.63) is 58.9 Å². The van der Waals surface area contributed by atoms with Crippen molar-refractivity contribution in [2.75, 3.05) is 10.6 Å². The Morgan fingerprint density at radius 1 is 1.00 bits per heavy atom. The van der Waals surface area contributed by atoms with Crippen LogP contribution in [0.1, 0.15) is 18.4 Å². The quantitative estimate of drug-likeness (QED) is 0.817. The molecule has 2 amide bonds. The van der Waals surface area contributed by atoms with Crippen molar-refractivity contribution in [2.45, 2.75) is 19.8 Å². The lowest BCUT2D eigenvalue weighted by Crippen LogP contribution is -2.35. The molecular weight excluding hydrogens is 331 g/mol. The fourth-order valence-electron chi connectivity index (χ4n) is 2.39. The van der Waals surface area contributed by atoms with Crippen LogP contribution < -0.4 is 10.6 Å².